The fourth-order valence-corrected chi connectivity index (χ4v) is 2.95. The minimum absolute atomic E-state index is 0.0666. The van der Waals surface area contributed by atoms with Crippen LogP contribution in [0.25, 0.3) is 0 Å². The van der Waals surface area contributed by atoms with Gasteiger partial charge in [-0.05, 0) is 55.5 Å². The largest absolute Gasteiger partial charge is 0.372 e. The summed E-state index contributed by atoms with van der Waals surface area (Å²) >= 11 is 0. The van der Waals surface area contributed by atoms with Crippen LogP contribution in [-0.4, -0.2) is 30.5 Å². The highest BCUT2D eigenvalue weighted by atomic mass is 16.1. The molecule has 3 rings (SSSR count). The number of anilines is 1. The molecule has 1 saturated heterocycles. The first-order chi connectivity index (χ1) is 11.3. The number of piperidine rings is 1. The van der Waals surface area contributed by atoms with Crippen molar-refractivity contribution in [2.45, 2.75) is 25.7 Å². The minimum Gasteiger partial charge on any atom is -0.372 e. The zero-order valence-corrected chi connectivity index (χ0v) is 13.4. The molecule has 0 unspecified atom stereocenters. The van der Waals surface area contributed by atoms with Crippen LogP contribution in [0.1, 0.15) is 35.2 Å². The Hall–Kier alpha value is -2.36. The lowest BCUT2D eigenvalue weighted by molar-refractivity contribution is 0.0954. The van der Waals surface area contributed by atoms with Crippen molar-refractivity contribution in [1.82, 2.24) is 10.3 Å². The van der Waals surface area contributed by atoms with E-state index >= 15 is 0 Å². The summed E-state index contributed by atoms with van der Waals surface area (Å²) in [6.07, 6.45) is 8.03. The number of nitrogens with zero attached hydrogens (tertiary/aromatic N) is 2. The number of pyridine rings is 1. The Labute approximate surface area is 137 Å². The summed E-state index contributed by atoms with van der Waals surface area (Å²) in [5.74, 6) is -0.0666. The molecule has 1 N–H and O–H groups in total. The van der Waals surface area contributed by atoms with Gasteiger partial charge in [-0.15, -0.1) is 0 Å². The number of aromatic nitrogens is 1. The second-order valence-electron chi connectivity index (χ2n) is 5.96. The van der Waals surface area contributed by atoms with Crippen LogP contribution in [0.5, 0.6) is 0 Å². The molecule has 0 saturated carbocycles. The number of amides is 1. The fourth-order valence-electron chi connectivity index (χ4n) is 2.95. The smallest absolute Gasteiger partial charge is 0.252 e. The van der Waals surface area contributed by atoms with Gasteiger partial charge >= 0.3 is 0 Å². The van der Waals surface area contributed by atoms with Gasteiger partial charge < -0.3 is 10.2 Å². The van der Waals surface area contributed by atoms with E-state index in [1.54, 1.807) is 24.5 Å². The van der Waals surface area contributed by atoms with E-state index in [-0.39, 0.29) is 5.91 Å². The lowest BCUT2D eigenvalue weighted by Crippen LogP contribution is -2.29. The Morgan fingerprint density at radius 1 is 1.09 bits per heavy atom. The van der Waals surface area contributed by atoms with E-state index in [0.717, 1.165) is 6.42 Å². The summed E-state index contributed by atoms with van der Waals surface area (Å²) in [6, 6.07) is 12.3. The maximum atomic E-state index is 11.9. The summed E-state index contributed by atoms with van der Waals surface area (Å²) in [6.45, 7) is 2.97. The van der Waals surface area contributed by atoms with Gasteiger partial charge in [-0.1, -0.05) is 12.1 Å². The monoisotopic (exact) mass is 309 g/mol. The molecular weight excluding hydrogens is 286 g/mol. The van der Waals surface area contributed by atoms with Gasteiger partial charge in [0.05, 0.1) is 5.56 Å². The van der Waals surface area contributed by atoms with Gasteiger partial charge in [0.2, 0.25) is 0 Å². The first-order valence-corrected chi connectivity index (χ1v) is 8.35. The SMILES string of the molecule is O=C(NCCc1ccc(N2CCCCC2)cc1)c1cccnc1. The molecule has 1 fully saturated rings. The molecule has 0 bridgehead atoms. The first-order valence-electron chi connectivity index (χ1n) is 8.35. The normalized spacial score (nSPS) is 14.5. The van der Waals surface area contributed by atoms with Gasteiger partial charge in [0.15, 0.2) is 0 Å². The number of carbonyl (C=O) groups is 1. The molecule has 0 aliphatic carbocycles. The highest BCUT2D eigenvalue weighted by Gasteiger charge is 2.10. The van der Waals surface area contributed by atoms with E-state index < -0.39 is 0 Å². The average molecular weight is 309 g/mol. The van der Waals surface area contributed by atoms with Crippen LogP contribution in [0.3, 0.4) is 0 Å². The molecule has 1 aromatic heterocycles. The van der Waals surface area contributed by atoms with Gasteiger partial charge in [0.1, 0.15) is 0 Å². The van der Waals surface area contributed by atoms with Crippen molar-refractivity contribution in [2.24, 2.45) is 0 Å². The third-order valence-electron chi connectivity index (χ3n) is 4.28. The molecule has 1 aliphatic rings. The number of carbonyl (C=O) groups excluding carboxylic acids is 1. The van der Waals surface area contributed by atoms with Crippen LogP contribution in [0, 0.1) is 0 Å². The highest BCUT2D eigenvalue weighted by Crippen LogP contribution is 2.20. The Morgan fingerprint density at radius 3 is 2.57 bits per heavy atom. The van der Waals surface area contributed by atoms with Crippen LogP contribution in [0.2, 0.25) is 0 Å². The molecule has 2 heterocycles. The van der Waals surface area contributed by atoms with Gasteiger partial charge in [0.25, 0.3) is 5.91 Å². The van der Waals surface area contributed by atoms with E-state index in [9.17, 15) is 4.79 Å². The molecule has 1 amide bonds. The van der Waals surface area contributed by atoms with Crippen LogP contribution in [0.4, 0.5) is 5.69 Å². The third kappa shape index (κ3) is 4.31. The first kappa shape index (κ1) is 15.5. The van der Waals surface area contributed by atoms with Crippen LogP contribution >= 0.6 is 0 Å². The Balaban J connectivity index is 1.48. The average Bonchev–Trinajstić information content (AvgIpc) is 2.64. The Kier molecular flexibility index (Phi) is 5.25. The summed E-state index contributed by atoms with van der Waals surface area (Å²) in [5.41, 5.74) is 3.16. The molecule has 4 nitrogen and oxygen atoms in total. The molecule has 23 heavy (non-hydrogen) atoms. The zero-order chi connectivity index (χ0) is 15.9. The minimum atomic E-state index is -0.0666. The Morgan fingerprint density at radius 2 is 1.87 bits per heavy atom. The number of nitrogens with one attached hydrogen (secondary N) is 1. The van der Waals surface area contributed by atoms with Crippen LogP contribution in [-0.2, 0) is 6.42 Å². The van der Waals surface area contributed by atoms with E-state index in [2.05, 4.69) is 39.5 Å². The second-order valence-corrected chi connectivity index (χ2v) is 5.96. The molecule has 1 aliphatic heterocycles. The summed E-state index contributed by atoms with van der Waals surface area (Å²) in [4.78, 5) is 18.4. The number of hydrogen-bond donors (Lipinski definition) is 1. The lowest BCUT2D eigenvalue weighted by Gasteiger charge is -2.28. The third-order valence-corrected chi connectivity index (χ3v) is 4.28. The molecule has 120 valence electrons. The van der Waals surface area contributed by atoms with Crippen molar-refractivity contribution in [1.29, 1.82) is 0 Å². The maximum Gasteiger partial charge on any atom is 0.252 e. The lowest BCUT2D eigenvalue weighted by atomic mass is 10.1. The van der Waals surface area contributed by atoms with Crippen molar-refractivity contribution >= 4 is 11.6 Å². The van der Waals surface area contributed by atoms with Crippen molar-refractivity contribution in [2.75, 3.05) is 24.5 Å². The van der Waals surface area contributed by atoms with Gasteiger partial charge in [0, 0.05) is 37.7 Å². The number of hydrogen-bond acceptors (Lipinski definition) is 3. The van der Waals surface area contributed by atoms with E-state index in [0.29, 0.717) is 12.1 Å². The number of benzene rings is 1. The summed E-state index contributed by atoms with van der Waals surface area (Å²) < 4.78 is 0. The van der Waals surface area contributed by atoms with Crippen LogP contribution in [0.15, 0.2) is 48.8 Å². The van der Waals surface area contributed by atoms with Gasteiger partial charge in [-0.2, -0.15) is 0 Å². The quantitative estimate of drug-likeness (QED) is 0.923. The molecule has 2 aromatic rings. The zero-order valence-electron chi connectivity index (χ0n) is 13.4. The van der Waals surface area contributed by atoms with Crippen molar-refractivity contribution in [3.05, 3.63) is 59.9 Å². The molecule has 4 heteroatoms. The number of rotatable bonds is 5. The maximum absolute atomic E-state index is 11.9. The summed E-state index contributed by atoms with van der Waals surface area (Å²) in [5, 5.41) is 2.94. The predicted molar refractivity (Wildman–Crippen MR) is 92.8 cm³/mol. The topological polar surface area (TPSA) is 45.2 Å². The van der Waals surface area contributed by atoms with Gasteiger partial charge in [-0.3, -0.25) is 9.78 Å². The van der Waals surface area contributed by atoms with Gasteiger partial charge in [-0.25, -0.2) is 0 Å². The standard InChI is InChI=1S/C19H23N3O/c23-19(17-5-4-11-20-15-17)21-12-10-16-6-8-18(9-7-16)22-13-2-1-3-14-22/h4-9,11,15H,1-3,10,12-14H2,(H,21,23). The van der Waals surface area contributed by atoms with Crippen molar-refractivity contribution in [3.63, 3.8) is 0 Å². The summed E-state index contributed by atoms with van der Waals surface area (Å²) in [7, 11) is 0. The molecule has 1 aromatic carbocycles. The second kappa shape index (κ2) is 7.77. The van der Waals surface area contributed by atoms with Crippen molar-refractivity contribution in [3.8, 4) is 0 Å². The highest BCUT2D eigenvalue weighted by molar-refractivity contribution is 5.93. The molecule has 0 atom stereocenters. The predicted octanol–water partition coefficient (Wildman–Crippen LogP) is 3.04. The van der Waals surface area contributed by atoms with E-state index in [1.165, 1.54) is 43.6 Å². The van der Waals surface area contributed by atoms with E-state index in [4.69, 9.17) is 0 Å². The fraction of sp³-hybridized carbons (Fsp3) is 0.368. The molecular formula is C19H23N3O. The molecule has 0 radical (unpaired) electrons. The van der Waals surface area contributed by atoms with E-state index in [1.807, 2.05) is 0 Å². The molecule has 0 spiro atoms. The Bertz CT molecular complexity index is 619. The van der Waals surface area contributed by atoms with Crippen LogP contribution < -0.4 is 10.2 Å². The van der Waals surface area contributed by atoms with Crippen molar-refractivity contribution < 1.29 is 4.79 Å².